The number of nitrogens with zero attached hydrogens (tertiary/aromatic N) is 1. The number of esters is 1. The van der Waals surface area contributed by atoms with Crippen LogP contribution in [0.15, 0.2) is 18.2 Å². The van der Waals surface area contributed by atoms with Crippen LogP contribution in [0.25, 0.3) is 0 Å². The summed E-state index contributed by atoms with van der Waals surface area (Å²) in [5.74, 6) is -2.85. The molecule has 1 aromatic rings. The molecule has 0 bridgehead atoms. The summed E-state index contributed by atoms with van der Waals surface area (Å²) < 4.78 is 30.8. The molecule has 4 nitrogen and oxygen atoms in total. The summed E-state index contributed by atoms with van der Waals surface area (Å²) in [5, 5.41) is 0. The molecule has 19 heavy (non-hydrogen) atoms. The lowest BCUT2D eigenvalue weighted by Gasteiger charge is -2.19. The maximum absolute atomic E-state index is 13.0. The second kappa shape index (κ2) is 6.82. The fourth-order valence-electron chi connectivity index (χ4n) is 1.55. The summed E-state index contributed by atoms with van der Waals surface area (Å²) in [6.07, 6.45) is 0. The Morgan fingerprint density at radius 3 is 2.21 bits per heavy atom. The average Bonchev–Trinajstić information content (AvgIpc) is 2.34. The third-order valence-corrected chi connectivity index (χ3v) is 2.40. The first-order chi connectivity index (χ1) is 8.97. The van der Waals surface area contributed by atoms with Crippen LogP contribution in [-0.4, -0.2) is 36.5 Å². The fraction of sp³-hybridized carbons (Fsp3) is 0.385. The quantitative estimate of drug-likeness (QED) is 0.769. The molecule has 0 spiro atoms. The Hall–Kier alpha value is -1.98. The lowest BCUT2D eigenvalue weighted by Crippen LogP contribution is -2.36. The maximum Gasteiger partial charge on any atom is 0.325 e. The Morgan fingerprint density at radius 1 is 1.16 bits per heavy atom. The Morgan fingerprint density at radius 2 is 1.74 bits per heavy atom. The van der Waals surface area contributed by atoms with Gasteiger partial charge in [-0.25, -0.2) is 8.78 Å². The fourth-order valence-corrected chi connectivity index (χ4v) is 1.55. The lowest BCUT2D eigenvalue weighted by molar-refractivity contribution is -0.143. The van der Waals surface area contributed by atoms with Crippen molar-refractivity contribution in [3.05, 3.63) is 35.4 Å². The number of ether oxygens (including phenoxy) is 1. The zero-order chi connectivity index (χ0) is 14.4. The van der Waals surface area contributed by atoms with Gasteiger partial charge < -0.3 is 9.64 Å². The van der Waals surface area contributed by atoms with Crippen LogP contribution in [-0.2, 0) is 9.53 Å². The third-order valence-electron chi connectivity index (χ3n) is 2.40. The smallest absolute Gasteiger partial charge is 0.325 e. The van der Waals surface area contributed by atoms with Crippen LogP contribution >= 0.6 is 0 Å². The van der Waals surface area contributed by atoms with Crippen molar-refractivity contribution in [3.8, 4) is 0 Å². The molecule has 0 aliphatic heterocycles. The SMILES string of the molecule is CCOC(=O)CN(CC)C(=O)c1cc(F)cc(F)c1. The molecule has 0 aliphatic rings. The minimum atomic E-state index is -0.837. The average molecular weight is 271 g/mol. The zero-order valence-electron chi connectivity index (χ0n) is 10.8. The van der Waals surface area contributed by atoms with Gasteiger partial charge in [-0.2, -0.15) is 0 Å². The summed E-state index contributed by atoms with van der Waals surface area (Å²) in [7, 11) is 0. The number of hydrogen-bond donors (Lipinski definition) is 0. The monoisotopic (exact) mass is 271 g/mol. The highest BCUT2D eigenvalue weighted by atomic mass is 19.1. The molecule has 0 unspecified atom stereocenters. The zero-order valence-corrected chi connectivity index (χ0v) is 10.8. The minimum absolute atomic E-state index is 0.136. The summed E-state index contributed by atoms with van der Waals surface area (Å²) >= 11 is 0. The first-order valence-electron chi connectivity index (χ1n) is 5.88. The van der Waals surface area contributed by atoms with E-state index in [-0.39, 0.29) is 25.3 Å². The van der Waals surface area contributed by atoms with Gasteiger partial charge in [0.15, 0.2) is 0 Å². The van der Waals surface area contributed by atoms with Crippen LogP contribution in [0.5, 0.6) is 0 Å². The number of likely N-dealkylation sites (N-methyl/N-ethyl adjacent to an activating group) is 1. The van der Waals surface area contributed by atoms with Gasteiger partial charge in [-0.05, 0) is 26.0 Å². The van der Waals surface area contributed by atoms with Crippen LogP contribution in [0, 0.1) is 11.6 Å². The molecule has 0 fully saturated rings. The van der Waals surface area contributed by atoms with E-state index in [1.165, 1.54) is 0 Å². The van der Waals surface area contributed by atoms with Crippen molar-refractivity contribution in [2.75, 3.05) is 19.7 Å². The molecule has 1 aromatic carbocycles. The number of benzene rings is 1. The predicted molar refractivity (Wildman–Crippen MR) is 64.6 cm³/mol. The molecule has 0 atom stereocenters. The number of carbonyl (C=O) groups is 2. The second-order valence-electron chi connectivity index (χ2n) is 3.78. The van der Waals surface area contributed by atoms with Crippen molar-refractivity contribution in [3.63, 3.8) is 0 Å². The van der Waals surface area contributed by atoms with Gasteiger partial charge in [0, 0.05) is 18.2 Å². The molecule has 0 radical (unpaired) electrons. The highest BCUT2D eigenvalue weighted by Gasteiger charge is 2.19. The summed E-state index contributed by atoms with van der Waals surface area (Å²) in [6.45, 7) is 3.50. The number of rotatable bonds is 5. The van der Waals surface area contributed by atoms with Crippen molar-refractivity contribution in [1.82, 2.24) is 4.90 Å². The molecule has 1 amide bonds. The Labute approximate surface area is 110 Å². The summed E-state index contributed by atoms with van der Waals surface area (Å²) in [4.78, 5) is 24.5. The van der Waals surface area contributed by atoms with E-state index in [9.17, 15) is 18.4 Å². The molecule has 0 saturated heterocycles. The molecule has 6 heteroatoms. The van der Waals surface area contributed by atoms with Crippen LogP contribution in [0.2, 0.25) is 0 Å². The van der Waals surface area contributed by atoms with E-state index in [2.05, 4.69) is 0 Å². The highest BCUT2D eigenvalue weighted by Crippen LogP contribution is 2.11. The van der Waals surface area contributed by atoms with Gasteiger partial charge in [0.2, 0.25) is 0 Å². The molecule has 0 aromatic heterocycles. The van der Waals surface area contributed by atoms with Crippen molar-refractivity contribution >= 4 is 11.9 Å². The molecule has 0 saturated carbocycles. The normalized spacial score (nSPS) is 10.1. The van der Waals surface area contributed by atoms with Crippen LogP contribution in [0.1, 0.15) is 24.2 Å². The molecule has 0 heterocycles. The third kappa shape index (κ3) is 4.31. The molecule has 1 rings (SSSR count). The number of hydrogen-bond acceptors (Lipinski definition) is 3. The molecule has 104 valence electrons. The van der Waals surface area contributed by atoms with E-state index < -0.39 is 23.5 Å². The Bertz CT molecular complexity index is 457. The lowest BCUT2D eigenvalue weighted by atomic mass is 10.2. The van der Waals surface area contributed by atoms with Crippen molar-refractivity contribution in [1.29, 1.82) is 0 Å². The van der Waals surface area contributed by atoms with Gasteiger partial charge in [-0.3, -0.25) is 9.59 Å². The van der Waals surface area contributed by atoms with E-state index in [0.29, 0.717) is 6.07 Å². The van der Waals surface area contributed by atoms with Gasteiger partial charge in [-0.15, -0.1) is 0 Å². The van der Waals surface area contributed by atoms with Gasteiger partial charge in [0.25, 0.3) is 5.91 Å². The van der Waals surface area contributed by atoms with Crippen molar-refractivity contribution in [2.45, 2.75) is 13.8 Å². The Balaban J connectivity index is 2.86. The van der Waals surface area contributed by atoms with Crippen molar-refractivity contribution < 1.29 is 23.1 Å². The van der Waals surface area contributed by atoms with E-state index >= 15 is 0 Å². The van der Waals surface area contributed by atoms with Gasteiger partial charge in [0.1, 0.15) is 18.2 Å². The number of halogens is 2. The van der Waals surface area contributed by atoms with Crippen LogP contribution in [0.3, 0.4) is 0 Å². The van der Waals surface area contributed by atoms with E-state index in [4.69, 9.17) is 4.74 Å². The van der Waals surface area contributed by atoms with Crippen molar-refractivity contribution in [2.24, 2.45) is 0 Å². The maximum atomic E-state index is 13.0. The largest absolute Gasteiger partial charge is 0.465 e. The summed E-state index contributed by atoms with van der Waals surface area (Å²) in [6, 6.07) is 2.54. The molecular formula is C13H15F2NO3. The van der Waals surface area contributed by atoms with Gasteiger partial charge >= 0.3 is 5.97 Å². The first-order valence-corrected chi connectivity index (χ1v) is 5.88. The summed E-state index contributed by atoms with van der Waals surface area (Å²) in [5.41, 5.74) is -0.136. The predicted octanol–water partition coefficient (Wildman–Crippen LogP) is 1.99. The minimum Gasteiger partial charge on any atom is -0.465 e. The molecule has 0 N–H and O–H groups in total. The van der Waals surface area contributed by atoms with Gasteiger partial charge in [-0.1, -0.05) is 0 Å². The molecule has 0 aliphatic carbocycles. The van der Waals surface area contributed by atoms with E-state index in [1.807, 2.05) is 0 Å². The standard InChI is InChI=1S/C13H15F2NO3/c1-3-16(8-12(17)19-4-2)13(18)9-5-10(14)7-11(15)6-9/h5-7H,3-4,8H2,1-2H3. The van der Waals surface area contributed by atoms with Crippen LogP contribution < -0.4 is 0 Å². The second-order valence-corrected chi connectivity index (χ2v) is 3.78. The van der Waals surface area contributed by atoms with E-state index in [1.54, 1.807) is 13.8 Å². The number of carbonyl (C=O) groups excluding carboxylic acids is 2. The topological polar surface area (TPSA) is 46.6 Å². The van der Waals surface area contributed by atoms with Crippen LogP contribution in [0.4, 0.5) is 8.78 Å². The molecular weight excluding hydrogens is 256 g/mol. The number of amides is 1. The van der Waals surface area contributed by atoms with Gasteiger partial charge in [0.05, 0.1) is 6.61 Å². The highest BCUT2D eigenvalue weighted by molar-refractivity contribution is 5.96. The van der Waals surface area contributed by atoms with E-state index in [0.717, 1.165) is 17.0 Å². The Kier molecular flexibility index (Phi) is 5.41. The first kappa shape index (κ1) is 15.1.